The van der Waals surface area contributed by atoms with Crippen molar-refractivity contribution in [2.45, 2.75) is 388 Å². The number of ether oxygens (including phenoxy) is 4. The highest BCUT2D eigenvalue weighted by Gasteiger charge is 2.30. The average Bonchev–Trinajstić information content (AvgIpc) is 1.67. The summed E-state index contributed by atoms with van der Waals surface area (Å²) in [5.41, 5.74) is 0. The van der Waals surface area contributed by atoms with Crippen LogP contribution in [0.4, 0.5) is 0 Å². The van der Waals surface area contributed by atoms with Crippen LogP contribution in [0.15, 0.2) is 0 Å². The Morgan fingerprint density at radius 1 is 0.315 bits per heavy atom. The van der Waals surface area contributed by atoms with Crippen molar-refractivity contribution in [3.8, 4) is 0 Å². The van der Waals surface area contributed by atoms with E-state index in [-0.39, 0.29) is 25.7 Å². The van der Waals surface area contributed by atoms with E-state index in [4.69, 9.17) is 37.0 Å². The van der Waals surface area contributed by atoms with E-state index in [0.29, 0.717) is 31.6 Å². The summed E-state index contributed by atoms with van der Waals surface area (Å²) in [6, 6.07) is 0. The summed E-state index contributed by atoms with van der Waals surface area (Å²) in [7, 11) is -9.91. The van der Waals surface area contributed by atoms with Gasteiger partial charge in [-0.3, -0.25) is 37.3 Å². The lowest BCUT2D eigenvalue weighted by Crippen LogP contribution is -2.30. The number of aliphatic hydroxyl groups is 1. The van der Waals surface area contributed by atoms with E-state index >= 15 is 0 Å². The topological polar surface area (TPSA) is 237 Å². The van der Waals surface area contributed by atoms with Crippen molar-refractivity contribution in [1.82, 2.24) is 0 Å². The molecule has 0 aliphatic rings. The first-order valence-corrected chi connectivity index (χ1v) is 40.9. The molecule has 92 heavy (non-hydrogen) atoms. The Balaban J connectivity index is 5.24. The van der Waals surface area contributed by atoms with E-state index in [1.54, 1.807) is 0 Å². The van der Waals surface area contributed by atoms with Gasteiger partial charge in [-0.2, -0.15) is 0 Å². The van der Waals surface area contributed by atoms with Crippen molar-refractivity contribution in [3.63, 3.8) is 0 Å². The standard InChI is InChI=1S/C73H142O17P2/c1-8-11-12-13-14-15-16-17-18-19-20-21-22-23-24-34-42-49-56-72(77)89-68(60-83-70(75)54-47-40-33-27-25-31-38-45-52-65(6)9-2)62-87-91(79,80)85-58-67(74)59-86-92(81,82)88-63-69(61-84-71(76)55-48-41-36-29-30-37-44-51-64(4)5)90-73(78)57-50-43-35-28-26-32-39-46-53-66(7)10-3/h64-69,74H,8-63H2,1-7H3,(H,79,80)(H,81,82)/t65?,66?,67-,68-,69-/m1/s1. The summed E-state index contributed by atoms with van der Waals surface area (Å²) in [6.45, 7) is 11.8. The van der Waals surface area contributed by atoms with E-state index in [1.165, 1.54) is 173 Å². The van der Waals surface area contributed by atoms with Crippen LogP contribution in [0.25, 0.3) is 0 Å². The molecule has 0 aliphatic carbocycles. The summed E-state index contributed by atoms with van der Waals surface area (Å²) in [4.78, 5) is 72.7. The number of hydrogen-bond donors (Lipinski definition) is 3. The Kier molecular flexibility index (Phi) is 62.4. The third-order valence-corrected chi connectivity index (χ3v) is 19.5. The molecule has 17 nitrogen and oxygen atoms in total. The van der Waals surface area contributed by atoms with Crippen LogP contribution >= 0.6 is 15.6 Å². The maximum absolute atomic E-state index is 13.1. The maximum atomic E-state index is 13.1. The van der Waals surface area contributed by atoms with Gasteiger partial charge in [-0.1, -0.05) is 318 Å². The quantitative estimate of drug-likeness (QED) is 0.0222. The van der Waals surface area contributed by atoms with E-state index in [9.17, 15) is 43.2 Å². The van der Waals surface area contributed by atoms with Gasteiger partial charge in [0.15, 0.2) is 12.2 Å². The normalized spacial score (nSPS) is 14.7. The molecule has 0 radical (unpaired) electrons. The largest absolute Gasteiger partial charge is 0.472 e. The molecule has 0 bridgehead atoms. The molecular weight excluding hydrogens is 1210 g/mol. The Hall–Kier alpha value is -1.94. The smallest absolute Gasteiger partial charge is 0.462 e. The number of hydrogen-bond acceptors (Lipinski definition) is 15. The predicted molar refractivity (Wildman–Crippen MR) is 372 cm³/mol. The molecular formula is C73H142O17P2. The molecule has 4 unspecified atom stereocenters. The molecule has 0 aromatic carbocycles. The first kappa shape index (κ1) is 90.1. The second-order valence-electron chi connectivity index (χ2n) is 27.3. The van der Waals surface area contributed by atoms with Gasteiger partial charge < -0.3 is 33.8 Å². The number of carbonyl (C=O) groups excluding carboxylic acids is 4. The Morgan fingerprint density at radius 2 is 0.554 bits per heavy atom. The van der Waals surface area contributed by atoms with E-state index < -0.39 is 97.5 Å². The number of phosphoric acid groups is 2. The second kappa shape index (κ2) is 63.8. The van der Waals surface area contributed by atoms with Gasteiger partial charge in [0.05, 0.1) is 26.4 Å². The lowest BCUT2D eigenvalue weighted by Gasteiger charge is -2.21. The van der Waals surface area contributed by atoms with Crippen LogP contribution in [0, 0.1) is 17.8 Å². The monoisotopic (exact) mass is 1350 g/mol. The molecule has 546 valence electrons. The molecule has 0 aromatic heterocycles. The Bertz CT molecular complexity index is 1810. The minimum atomic E-state index is -4.95. The summed E-state index contributed by atoms with van der Waals surface area (Å²) in [5, 5.41) is 10.6. The minimum absolute atomic E-state index is 0.104. The number of phosphoric ester groups is 2. The van der Waals surface area contributed by atoms with E-state index in [2.05, 4.69) is 48.5 Å². The van der Waals surface area contributed by atoms with Crippen molar-refractivity contribution in [1.29, 1.82) is 0 Å². The molecule has 7 atom stereocenters. The van der Waals surface area contributed by atoms with Gasteiger partial charge in [-0.05, 0) is 43.4 Å². The van der Waals surface area contributed by atoms with Gasteiger partial charge in [0.25, 0.3) is 0 Å². The van der Waals surface area contributed by atoms with E-state index in [0.717, 1.165) is 108 Å². The van der Waals surface area contributed by atoms with Crippen LogP contribution in [0.1, 0.15) is 370 Å². The number of aliphatic hydroxyl groups excluding tert-OH is 1. The molecule has 0 saturated heterocycles. The lowest BCUT2D eigenvalue weighted by atomic mass is 9.99. The third kappa shape index (κ3) is 64.1. The highest BCUT2D eigenvalue weighted by Crippen LogP contribution is 2.45. The molecule has 19 heteroatoms. The molecule has 0 spiro atoms. The Morgan fingerprint density at radius 3 is 0.826 bits per heavy atom. The van der Waals surface area contributed by atoms with Gasteiger partial charge in [0, 0.05) is 25.7 Å². The van der Waals surface area contributed by atoms with Crippen LogP contribution < -0.4 is 0 Å². The zero-order valence-corrected chi connectivity index (χ0v) is 61.8. The fourth-order valence-electron chi connectivity index (χ4n) is 11.0. The molecule has 0 saturated carbocycles. The molecule has 0 fully saturated rings. The summed E-state index contributed by atoms with van der Waals surface area (Å²) >= 11 is 0. The van der Waals surface area contributed by atoms with Crippen LogP contribution in [-0.2, 0) is 65.4 Å². The van der Waals surface area contributed by atoms with Crippen molar-refractivity contribution >= 4 is 39.5 Å². The SMILES string of the molecule is CCCCCCCCCCCCCCCCCCCCC(=O)O[C@H](COC(=O)CCCCCCCCCCC(C)CC)COP(=O)(O)OC[C@@H](O)COP(=O)(O)OC[C@@H](COC(=O)CCCCCCCCCC(C)C)OC(=O)CCCCCCCCCCC(C)CC. The number of esters is 4. The van der Waals surface area contributed by atoms with Crippen molar-refractivity contribution in [2.24, 2.45) is 17.8 Å². The lowest BCUT2D eigenvalue weighted by molar-refractivity contribution is -0.161. The molecule has 0 heterocycles. The zero-order chi connectivity index (χ0) is 68.0. The fraction of sp³-hybridized carbons (Fsp3) is 0.945. The van der Waals surface area contributed by atoms with Crippen LogP contribution in [0.5, 0.6) is 0 Å². The molecule has 0 amide bonds. The van der Waals surface area contributed by atoms with Gasteiger partial charge in [0.1, 0.15) is 19.3 Å². The van der Waals surface area contributed by atoms with Crippen LogP contribution in [-0.4, -0.2) is 96.7 Å². The average molecular weight is 1350 g/mol. The highest BCUT2D eigenvalue weighted by atomic mass is 31.2. The highest BCUT2D eigenvalue weighted by molar-refractivity contribution is 7.47. The molecule has 3 N–H and O–H groups in total. The first-order valence-electron chi connectivity index (χ1n) is 37.9. The van der Waals surface area contributed by atoms with Crippen LogP contribution in [0.3, 0.4) is 0 Å². The number of rotatable bonds is 71. The van der Waals surface area contributed by atoms with Gasteiger partial charge in [-0.25, -0.2) is 9.13 Å². The molecule has 0 rings (SSSR count). The summed E-state index contributed by atoms with van der Waals surface area (Å²) < 4.78 is 68.4. The zero-order valence-electron chi connectivity index (χ0n) is 60.0. The minimum Gasteiger partial charge on any atom is -0.462 e. The third-order valence-electron chi connectivity index (χ3n) is 17.6. The van der Waals surface area contributed by atoms with Gasteiger partial charge >= 0.3 is 39.5 Å². The first-order chi connectivity index (χ1) is 44.3. The van der Waals surface area contributed by atoms with Gasteiger partial charge in [-0.15, -0.1) is 0 Å². The number of unbranched alkanes of at least 4 members (excludes halogenated alkanes) is 37. The fourth-order valence-corrected chi connectivity index (χ4v) is 12.6. The molecule has 0 aliphatic heterocycles. The Labute approximate surface area is 562 Å². The van der Waals surface area contributed by atoms with Crippen molar-refractivity contribution < 1.29 is 80.2 Å². The number of carbonyl (C=O) groups is 4. The van der Waals surface area contributed by atoms with E-state index in [1.807, 2.05) is 0 Å². The van der Waals surface area contributed by atoms with Crippen LogP contribution in [0.2, 0.25) is 0 Å². The summed E-state index contributed by atoms with van der Waals surface area (Å²) in [6.07, 6.45) is 48.6. The molecule has 0 aromatic rings. The predicted octanol–water partition coefficient (Wildman–Crippen LogP) is 21.0. The second-order valence-corrected chi connectivity index (χ2v) is 30.2. The maximum Gasteiger partial charge on any atom is 0.472 e. The van der Waals surface area contributed by atoms with Crippen molar-refractivity contribution in [2.75, 3.05) is 39.6 Å². The van der Waals surface area contributed by atoms with Gasteiger partial charge in [0.2, 0.25) is 0 Å². The summed E-state index contributed by atoms with van der Waals surface area (Å²) in [5.74, 6) is 0.127. The van der Waals surface area contributed by atoms with Crippen molar-refractivity contribution in [3.05, 3.63) is 0 Å².